The van der Waals surface area contributed by atoms with Crippen LogP contribution in [0, 0.1) is 5.92 Å². The fraction of sp³-hybridized carbons (Fsp3) is 0.520. The van der Waals surface area contributed by atoms with Crippen molar-refractivity contribution in [2.45, 2.75) is 63.7 Å². The number of carbonyl (C=O) groups is 4. The van der Waals surface area contributed by atoms with E-state index < -0.39 is 54.5 Å². The molecule has 2 aromatic rings. The number of aromatic nitrogens is 1. The second-order valence-corrected chi connectivity index (χ2v) is 9.63. The zero-order valence-electron chi connectivity index (χ0n) is 20.6. The predicted octanol–water partition coefficient (Wildman–Crippen LogP) is 0.121. The summed E-state index contributed by atoms with van der Waals surface area (Å²) in [6.07, 6.45) is 3.16. The zero-order chi connectivity index (χ0) is 26.4. The van der Waals surface area contributed by atoms with E-state index in [4.69, 9.17) is 5.73 Å². The molecule has 1 saturated heterocycles. The van der Waals surface area contributed by atoms with Gasteiger partial charge in [-0.3, -0.25) is 14.4 Å². The van der Waals surface area contributed by atoms with Crippen LogP contribution in [0.15, 0.2) is 30.5 Å². The number of rotatable bonds is 11. The number of nitrogens with zero attached hydrogens (tertiary/aromatic N) is 1. The Kier molecular flexibility index (Phi) is 9.05. The number of carbonyl (C=O) groups excluding carboxylic acids is 3. The maximum absolute atomic E-state index is 13.1. The first-order valence-electron chi connectivity index (χ1n) is 12.2. The Morgan fingerprint density at radius 1 is 1.17 bits per heavy atom. The van der Waals surface area contributed by atoms with Gasteiger partial charge in [0, 0.05) is 23.6 Å². The lowest BCUT2D eigenvalue weighted by Gasteiger charge is -2.29. The quantitative estimate of drug-likeness (QED) is 0.253. The van der Waals surface area contributed by atoms with Crippen molar-refractivity contribution >= 4 is 34.6 Å². The van der Waals surface area contributed by atoms with E-state index in [0.29, 0.717) is 12.8 Å². The van der Waals surface area contributed by atoms with Gasteiger partial charge in [-0.1, -0.05) is 32.0 Å². The monoisotopic (exact) mass is 501 g/mol. The van der Waals surface area contributed by atoms with Crippen molar-refractivity contribution in [3.8, 4) is 0 Å². The Morgan fingerprint density at radius 3 is 2.56 bits per heavy atom. The third-order valence-corrected chi connectivity index (χ3v) is 6.41. The van der Waals surface area contributed by atoms with Gasteiger partial charge in [0.15, 0.2) is 0 Å². The fourth-order valence-electron chi connectivity index (χ4n) is 4.56. The molecule has 4 atom stereocenters. The Labute approximate surface area is 209 Å². The topological polar surface area (TPSA) is 178 Å². The van der Waals surface area contributed by atoms with Gasteiger partial charge in [0.25, 0.3) is 0 Å². The van der Waals surface area contributed by atoms with Gasteiger partial charge in [-0.05, 0) is 43.2 Å². The molecule has 2 heterocycles. The van der Waals surface area contributed by atoms with Crippen LogP contribution in [0.5, 0.6) is 0 Å². The largest absolute Gasteiger partial charge is 0.480 e. The van der Waals surface area contributed by atoms with Crippen LogP contribution < -0.4 is 16.4 Å². The molecule has 11 heteroatoms. The highest BCUT2D eigenvalue weighted by Gasteiger charge is 2.39. The number of fused-ring (bicyclic) bond motifs is 1. The summed E-state index contributed by atoms with van der Waals surface area (Å²) in [7, 11) is 0. The molecular formula is C25H35N5O6. The number of likely N-dealkylation sites (tertiary alicyclic amines) is 1. The number of carboxylic acids is 1. The summed E-state index contributed by atoms with van der Waals surface area (Å²) in [4.78, 5) is 54.7. The normalized spacial score (nSPS) is 18.1. The second-order valence-electron chi connectivity index (χ2n) is 9.63. The maximum Gasteiger partial charge on any atom is 0.326 e. The Balaban J connectivity index is 1.63. The van der Waals surface area contributed by atoms with E-state index >= 15 is 0 Å². The van der Waals surface area contributed by atoms with Crippen LogP contribution in [-0.4, -0.2) is 81.1 Å². The summed E-state index contributed by atoms with van der Waals surface area (Å²) >= 11 is 0. The SMILES string of the molecule is CC(C)CC(NC(=O)C1CCCN1C(=O)C(CO)NC(=O)C(N)Cc1c[nH]c2ccccc12)C(=O)O. The lowest BCUT2D eigenvalue weighted by atomic mass is 10.0. The number of amides is 3. The van der Waals surface area contributed by atoms with Crippen LogP contribution in [-0.2, 0) is 25.6 Å². The lowest BCUT2D eigenvalue weighted by molar-refractivity contribution is -0.145. The average molecular weight is 502 g/mol. The molecule has 1 fully saturated rings. The minimum absolute atomic E-state index is 0.0511. The number of nitrogens with two attached hydrogens (primary N) is 1. The first kappa shape index (κ1) is 27.2. The van der Waals surface area contributed by atoms with E-state index in [-0.39, 0.29) is 25.3 Å². The average Bonchev–Trinajstić information content (AvgIpc) is 3.49. The number of aliphatic hydroxyl groups excluding tert-OH is 1. The molecule has 1 aliphatic heterocycles. The smallest absolute Gasteiger partial charge is 0.326 e. The summed E-state index contributed by atoms with van der Waals surface area (Å²) in [6, 6.07) is 3.43. The van der Waals surface area contributed by atoms with Gasteiger partial charge in [-0.2, -0.15) is 0 Å². The Morgan fingerprint density at radius 2 is 1.89 bits per heavy atom. The zero-order valence-corrected chi connectivity index (χ0v) is 20.6. The van der Waals surface area contributed by atoms with Crippen LogP contribution in [0.2, 0.25) is 0 Å². The van der Waals surface area contributed by atoms with Crippen molar-refractivity contribution < 1.29 is 29.4 Å². The van der Waals surface area contributed by atoms with E-state index in [1.54, 1.807) is 6.20 Å². The van der Waals surface area contributed by atoms with Gasteiger partial charge in [0.05, 0.1) is 12.6 Å². The molecule has 1 aromatic heterocycles. The number of aromatic amines is 1. The third-order valence-electron chi connectivity index (χ3n) is 6.41. The van der Waals surface area contributed by atoms with E-state index in [9.17, 15) is 29.4 Å². The molecule has 0 aliphatic carbocycles. The number of nitrogens with one attached hydrogen (secondary N) is 3. The van der Waals surface area contributed by atoms with Crippen LogP contribution in [0.3, 0.4) is 0 Å². The molecule has 0 saturated carbocycles. The van der Waals surface area contributed by atoms with E-state index in [0.717, 1.165) is 16.5 Å². The molecule has 0 radical (unpaired) electrons. The van der Waals surface area contributed by atoms with Gasteiger partial charge < -0.3 is 36.5 Å². The predicted molar refractivity (Wildman–Crippen MR) is 133 cm³/mol. The number of para-hydroxylation sites is 1. The minimum Gasteiger partial charge on any atom is -0.480 e. The van der Waals surface area contributed by atoms with E-state index in [1.807, 2.05) is 38.1 Å². The summed E-state index contributed by atoms with van der Waals surface area (Å²) in [6.45, 7) is 3.30. The third kappa shape index (κ3) is 6.41. The van der Waals surface area contributed by atoms with Crippen molar-refractivity contribution in [2.24, 2.45) is 11.7 Å². The second kappa shape index (κ2) is 12.0. The molecule has 1 aliphatic rings. The van der Waals surface area contributed by atoms with Crippen LogP contribution in [0.1, 0.15) is 38.7 Å². The molecule has 196 valence electrons. The number of aliphatic hydroxyl groups is 1. The standard InChI is InChI=1S/C25H35N5O6/c1-14(2)10-19(25(35)36)28-23(33)21-8-5-9-30(21)24(34)20(13-31)29-22(32)17(26)11-15-12-27-18-7-4-3-6-16(15)18/h3-4,6-7,12,14,17,19-21,27,31H,5,8-11,13,26H2,1-2H3,(H,28,33)(H,29,32)(H,35,36). The van der Waals surface area contributed by atoms with Gasteiger partial charge >= 0.3 is 5.97 Å². The molecule has 7 N–H and O–H groups in total. The summed E-state index contributed by atoms with van der Waals surface area (Å²) in [5.41, 5.74) is 7.87. The van der Waals surface area contributed by atoms with Crippen LogP contribution in [0.25, 0.3) is 10.9 Å². The lowest BCUT2D eigenvalue weighted by Crippen LogP contribution is -2.58. The van der Waals surface area contributed by atoms with E-state index in [2.05, 4.69) is 15.6 Å². The summed E-state index contributed by atoms with van der Waals surface area (Å²) in [5, 5.41) is 25.2. The number of aliphatic carboxylic acids is 1. The summed E-state index contributed by atoms with van der Waals surface area (Å²) in [5.74, 6) is -2.87. The van der Waals surface area contributed by atoms with Crippen molar-refractivity contribution in [3.63, 3.8) is 0 Å². The highest BCUT2D eigenvalue weighted by Crippen LogP contribution is 2.21. The number of H-pyrrole nitrogens is 1. The maximum atomic E-state index is 13.1. The number of hydrogen-bond acceptors (Lipinski definition) is 6. The van der Waals surface area contributed by atoms with Crippen LogP contribution in [0.4, 0.5) is 0 Å². The first-order chi connectivity index (χ1) is 17.1. The number of hydrogen-bond donors (Lipinski definition) is 6. The molecule has 4 unspecified atom stereocenters. The van der Waals surface area contributed by atoms with Gasteiger partial charge in [-0.15, -0.1) is 0 Å². The molecular weight excluding hydrogens is 466 g/mol. The van der Waals surface area contributed by atoms with Gasteiger partial charge in [-0.25, -0.2) is 4.79 Å². The Bertz CT molecular complexity index is 1100. The number of carboxylic acid groups (broad SMARTS) is 1. The minimum atomic E-state index is -1.27. The molecule has 36 heavy (non-hydrogen) atoms. The highest BCUT2D eigenvalue weighted by atomic mass is 16.4. The molecule has 3 amide bonds. The molecule has 1 aromatic carbocycles. The molecule has 3 rings (SSSR count). The van der Waals surface area contributed by atoms with Crippen molar-refractivity contribution in [3.05, 3.63) is 36.0 Å². The molecule has 0 spiro atoms. The fourth-order valence-corrected chi connectivity index (χ4v) is 4.56. The first-order valence-corrected chi connectivity index (χ1v) is 12.2. The Hall–Kier alpha value is -3.44. The molecule has 11 nitrogen and oxygen atoms in total. The van der Waals surface area contributed by atoms with Crippen LogP contribution >= 0.6 is 0 Å². The van der Waals surface area contributed by atoms with Crippen molar-refractivity contribution in [1.29, 1.82) is 0 Å². The van der Waals surface area contributed by atoms with Gasteiger partial charge in [0.2, 0.25) is 17.7 Å². The van der Waals surface area contributed by atoms with E-state index in [1.165, 1.54) is 4.90 Å². The van der Waals surface area contributed by atoms with Crippen molar-refractivity contribution in [2.75, 3.05) is 13.2 Å². The van der Waals surface area contributed by atoms with Crippen molar-refractivity contribution in [1.82, 2.24) is 20.5 Å². The summed E-state index contributed by atoms with van der Waals surface area (Å²) < 4.78 is 0. The number of benzene rings is 1. The van der Waals surface area contributed by atoms with Gasteiger partial charge in [0.1, 0.15) is 18.1 Å². The molecule has 0 bridgehead atoms. The highest BCUT2D eigenvalue weighted by molar-refractivity contribution is 5.95.